The first-order valence-electron chi connectivity index (χ1n) is 7.60. The van der Waals surface area contributed by atoms with E-state index in [1.807, 2.05) is 0 Å². The summed E-state index contributed by atoms with van der Waals surface area (Å²) >= 11 is 0. The van der Waals surface area contributed by atoms with Crippen LogP contribution in [0.3, 0.4) is 0 Å². The number of hydrogen-bond acceptors (Lipinski definition) is 0. The topological polar surface area (TPSA) is 0 Å². The summed E-state index contributed by atoms with van der Waals surface area (Å²) in [4.78, 5) is 0. The molecule has 0 atom stereocenters. The molecule has 0 aliphatic heterocycles. The average Bonchev–Trinajstić information content (AvgIpc) is 2.35. The lowest BCUT2D eigenvalue weighted by Crippen LogP contribution is -1.99. The molecular formula is C18H29. The van der Waals surface area contributed by atoms with Gasteiger partial charge in [0.1, 0.15) is 0 Å². The van der Waals surface area contributed by atoms with Gasteiger partial charge in [-0.25, -0.2) is 0 Å². The van der Waals surface area contributed by atoms with Gasteiger partial charge in [-0.15, -0.1) is 0 Å². The highest BCUT2D eigenvalue weighted by molar-refractivity contribution is 5.27. The smallest absolute Gasteiger partial charge is 0.0253 e. The van der Waals surface area contributed by atoms with Crippen LogP contribution < -0.4 is 0 Å². The zero-order valence-electron chi connectivity index (χ0n) is 12.3. The van der Waals surface area contributed by atoms with Gasteiger partial charge in [0.15, 0.2) is 0 Å². The standard InChI is InChI=1S/C18H29/c1-4-5-6-7-8-9-12-17-13-10-11-14-18(17)15-16(2)3/h10-11,13-14,16H,1,4-9,12,15H2,2-3H3. The van der Waals surface area contributed by atoms with E-state index >= 15 is 0 Å². The fourth-order valence-electron chi connectivity index (χ4n) is 2.46. The van der Waals surface area contributed by atoms with Crippen molar-refractivity contribution in [2.45, 2.75) is 65.2 Å². The highest BCUT2D eigenvalue weighted by Crippen LogP contribution is 2.17. The van der Waals surface area contributed by atoms with E-state index in [9.17, 15) is 0 Å². The molecule has 0 bridgehead atoms. The number of unbranched alkanes of at least 4 members (excludes halogenated alkanes) is 5. The third-order valence-corrected chi connectivity index (χ3v) is 3.44. The molecule has 1 aromatic carbocycles. The Balaban J connectivity index is 2.32. The first-order chi connectivity index (χ1) is 8.74. The van der Waals surface area contributed by atoms with Crippen LogP contribution in [0, 0.1) is 12.8 Å². The number of benzene rings is 1. The largest absolute Gasteiger partial charge is 0.0625 e. The van der Waals surface area contributed by atoms with Crippen LogP contribution in [0.4, 0.5) is 0 Å². The van der Waals surface area contributed by atoms with Crippen LogP contribution in [-0.2, 0) is 12.8 Å². The van der Waals surface area contributed by atoms with Crippen LogP contribution in [0.1, 0.15) is 63.5 Å². The molecular weight excluding hydrogens is 216 g/mol. The van der Waals surface area contributed by atoms with Gasteiger partial charge in [-0.05, 0) is 36.3 Å². The number of rotatable bonds is 9. The zero-order valence-corrected chi connectivity index (χ0v) is 12.3. The van der Waals surface area contributed by atoms with Crippen molar-refractivity contribution in [3.05, 3.63) is 42.3 Å². The molecule has 0 aromatic heterocycles. The van der Waals surface area contributed by atoms with E-state index in [1.54, 1.807) is 11.1 Å². The van der Waals surface area contributed by atoms with Gasteiger partial charge in [0.25, 0.3) is 0 Å². The molecule has 1 radical (unpaired) electrons. The van der Waals surface area contributed by atoms with Crippen LogP contribution in [0.5, 0.6) is 0 Å². The van der Waals surface area contributed by atoms with Crippen molar-refractivity contribution in [3.63, 3.8) is 0 Å². The first kappa shape index (κ1) is 15.3. The molecule has 0 spiro atoms. The Morgan fingerprint density at radius 3 is 2.17 bits per heavy atom. The Morgan fingerprint density at radius 1 is 0.889 bits per heavy atom. The second kappa shape index (κ2) is 9.19. The molecule has 0 N–H and O–H groups in total. The normalized spacial score (nSPS) is 11.1. The van der Waals surface area contributed by atoms with Gasteiger partial charge in [0, 0.05) is 0 Å². The maximum atomic E-state index is 3.89. The van der Waals surface area contributed by atoms with Gasteiger partial charge < -0.3 is 0 Å². The van der Waals surface area contributed by atoms with Crippen LogP contribution in [-0.4, -0.2) is 0 Å². The maximum Gasteiger partial charge on any atom is -0.0253 e. The molecule has 0 fully saturated rings. The predicted molar refractivity (Wildman–Crippen MR) is 81.7 cm³/mol. The Labute approximate surface area is 114 Å². The average molecular weight is 245 g/mol. The highest BCUT2D eigenvalue weighted by atomic mass is 14.1. The van der Waals surface area contributed by atoms with Crippen molar-refractivity contribution in [2.24, 2.45) is 5.92 Å². The van der Waals surface area contributed by atoms with Crippen molar-refractivity contribution in [1.29, 1.82) is 0 Å². The Hall–Kier alpha value is -0.780. The van der Waals surface area contributed by atoms with Crippen molar-refractivity contribution in [2.75, 3.05) is 0 Å². The molecule has 0 unspecified atom stereocenters. The van der Waals surface area contributed by atoms with E-state index in [4.69, 9.17) is 0 Å². The lowest BCUT2D eigenvalue weighted by Gasteiger charge is -2.11. The van der Waals surface area contributed by atoms with Crippen molar-refractivity contribution >= 4 is 0 Å². The molecule has 101 valence electrons. The van der Waals surface area contributed by atoms with Crippen LogP contribution in [0.15, 0.2) is 24.3 Å². The van der Waals surface area contributed by atoms with Gasteiger partial charge in [-0.2, -0.15) is 0 Å². The molecule has 0 heterocycles. The Bertz CT molecular complexity index is 312. The third kappa shape index (κ3) is 6.23. The van der Waals surface area contributed by atoms with Gasteiger partial charge in [-0.3, -0.25) is 0 Å². The van der Waals surface area contributed by atoms with Gasteiger partial charge >= 0.3 is 0 Å². The van der Waals surface area contributed by atoms with Gasteiger partial charge in [0.2, 0.25) is 0 Å². The van der Waals surface area contributed by atoms with Gasteiger partial charge in [-0.1, -0.05) is 77.1 Å². The zero-order chi connectivity index (χ0) is 13.2. The van der Waals surface area contributed by atoms with Crippen molar-refractivity contribution < 1.29 is 0 Å². The molecule has 0 saturated heterocycles. The van der Waals surface area contributed by atoms with Crippen LogP contribution in [0.2, 0.25) is 0 Å². The molecule has 1 aromatic rings. The lowest BCUT2D eigenvalue weighted by molar-refractivity contribution is 0.609. The van der Waals surface area contributed by atoms with Gasteiger partial charge in [0.05, 0.1) is 0 Å². The minimum Gasteiger partial charge on any atom is -0.0625 e. The lowest BCUT2D eigenvalue weighted by atomic mass is 9.94. The van der Waals surface area contributed by atoms with E-state index in [-0.39, 0.29) is 0 Å². The molecule has 0 amide bonds. The molecule has 0 nitrogen and oxygen atoms in total. The summed E-state index contributed by atoms with van der Waals surface area (Å²) in [6.45, 7) is 8.49. The summed E-state index contributed by atoms with van der Waals surface area (Å²) in [6.07, 6.45) is 10.3. The molecule has 0 saturated carbocycles. The first-order valence-corrected chi connectivity index (χ1v) is 7.60. The second-order valence-corrected chi connectivity index (χ2v) is 5.74. The quantitative estimate of drug-likeness (QED) is 0.497. The number of hydrogen-bond donors (Lipinski definition) is 0. The molecule has 0 heteroatoms. The predicted octanol–water partition coefficient (Wildman–Crippen LogP) is 5.60. The maximum absolute atomic E-state index is 3.89. The van der Waals surface area contributed by atoms with Crippen LogP contribution in [0.25, 0.3) is 0 Å². The fraction of sp³-hybridized carbons (Fsp3) is 0.611. The molecule has 0 aliphatic carbocycles. The summed E-state index contributed by atoms with van der Waals surface area (Å²) in [5.74, 6) is 0.753. The summed E-state index contributed by atoms with van der Waals surface area (Å²) in [7, 11) is 0. The van der Waals surface area contributed by atoms with Crippen LogP contribution >= 0.6 is 0 Å². The fourth-order valence-corrected chi connectivity index (χ4v) is 2.46. The molecule has 1 rings (SSSR count). The third-order valence-electron chi connectivity index (χ3n) is 3.44. The SMILES string of the molecule is [CH2]CCCCCCCc1ccccc1CC(C)C. The summed E-state index contributed by atoms with van der Waals surface area (Å²) in [5, 5.41) is 0. The monoisotopic (exact) mass is 245 g/mol. The minimum absolute atomic E-state index is 0.753. The Kier molecular flexibility index (Phi) is 7.80. The summed E-state index contributed by atoms with van der Waals surface area (Å²) in [5.41, 5.74) is 3.13. The van der Waals surface area contributed by atoms with E-state index in [0.717, 1.165) is 12.3 Å². The molecule has 0 aliphatic rings. The van der Waals surface area contributed by atoms with E-state index < -0.39 is 0 Å². The summed E-state index contributed by atoms with van der Waals surface area (Å²) < 4.78 is 0. The van der Waals surface area contributed by atoms with Crippen molar-refractivity contribution in [1.82, 2.24) is 0 Å². The van der Waals surface area contributed by atoms with Crippen molar-refractivity contribution in [3.8, 4) is 0 Å². The summed E-state index contributed by atoms with van der Waals surface area (Å²) in [6, 6.07) is 8.98. The van der Waals surface area contributed by atoms with E-state index in [1.165, 1.54) is 44.9 Å². The van der Waals surface area contributed by atoms with E-state index in [2.05, 4.69) is 45.0 Å². The highest BCUT2D eigenvalue weighted by Gasteiger charge is 2.03. The second-order valence-electron chi connectivity index (χ2n) is 5.74. The molecule has 18 heavy (non-hydrogen) atoms. The number of aryl methyl sites for hydroxylation is 1. The Morgan fingerprint density at radius 2 is 1.50 bits per heavy atom. The van der Waals surface area contributed by atoms with E-state index in [0.29, 0.717) is 0 Å². The minimum atomic E-state index is 0.753.